The minimum atomic E-state index is -0.139. The molecule has 0 radical (unpaired) electrons. The minimum Gasteiger partial charge on any atom is -0.369 e. The molecule has 1 fully saturated rings. The Balaban J connectivity index is 1.31. The normalized spacial score (nSPS) is 16.0. The monoisotopic (exact) mass is 406 g/mol. The summed E-state index contributed by atoms with van der Waals surface area (Å²) < 4.78 is 3.47. The summed E-state index contributed by atoms with van der Waals surface area (Å²) in [6, 6.07) is 11.4. The Morgan fingerprint density at radius 2 is 2.10 bits per heavy atom. The molecule has 0 saturated carbocycles. The molecule has 1 unspecified atom stereocenters. The zero-order chi connectivity index (χ0) is 20.9. The molecule has 0 aliphatic carbocycles. The summed E-state index contributed by atoms with van der Waals surface area (Å²) in [6.45, 7) is 5.00. The largest absolute Gasteiger partial charge is 0.369 e. The van der Waals surface area contributed by atoms with Crippen LogP contribution in [0.3, 0.4) is 0 Å². The number of carbonyl (C=O) groups excluding carboxylic acids is 1. The number of nitrogens with zero attached hydrogens (tertiary/aromatic N) is 5. The van der Waals surface area contributed by atoms with Crippen LogP contribution in [0.5, 0.6) is 0 Å². The Bertz CT molecular complexity index is 1060. The molecule has 8 heteroatoms. The van der Waals surface area contributed by atoms with Gasteiger partial charge in [-0.1, -0.05) is 30.3 Å². The number of imidazole rings is 1. The van der Waals surface area contributed by atoms with Crippen molar-refractivity contribution in [2.45, 2.75) is 26.4 Å². The van der Waals surface area contributed by atoms with Crippen LogP contribution in [0.15, 0.2) is 59.8 Å². The predicted octanol–water partition coefficient (Wildman–Crippen LogP) is 1.44. The van der Waals surface area contributed by atoms with Crippen molar-refractivity contribution < 1.29 is 4.79 Å². The van der Waals surface area contributed by atoms with Gasteiger partial charge in [-0.25, -0.2) is 9.67 Å². The van der Waals surface area contributed by atoms with Gasteiger partial charge in [0.15, 0.2) is 0 Å². The van der Waals surface area contributed by atoms with Crippen molar-refractivity contribution >= 4 is 11.6 Å². The first kappa shape index (κ1) is 19.9. The second kappa shape index (κ2) is 8.94. The number of aryl methyl sites for hydroxylation is 1. The maximum absolute atomic E-state index is 12.5. The van der Waals surface area contributed by atoms with Crippen molar-refractivity contribution in [3.8, 4) is 0 Å². The Labute approximate surface area is 175 Å². The Kier molecular flexibility index (Phi) is 5.92. The Morgan fingerprint density at radius 3 is 2.83 bits per heavy atom. The molecule has 1 N–H and O–H groups in total. The average Bonchev–Trinajstić information content (AvgIpc) is 3.40. The number of nitrogens with one attached hydrogen (secondary N) is 1. The third kappa shape index (κ3) is 4.59. The lowest BCUT2D eigenvalue weighted by atomic mass is 10.1. The fourth-order valence-corrected chi connectivity index (χ4v) is 3.76. The van der Waals surface area contributed by atoms with Gasteiger partial charge >= 0.3 is 0 Å². The molecule has 8 nitrogen and oxygen atoms in total. The van der Waals surface area contributed by atoms with Gasteiger partial charge in [0.25, 0.3) is 5.56 Å². The molecule has 1 amide bonds. The zero-order valence-corrected chi connectivity index (χ0v) is 17.1. The van der Waals surface area contributed by atoms with Gasteiger partial charge in [0.2, 0.25) is 5.91 Å². The van der Waals surface area contributed by atoms with Crippen LogP contribution in [0.1, 0.15) is 17.8 Å². The Hall–Kier alpha value is -3.42. The number of carbonyl (C=O) groups is 1. The summed E-state index contributed by atoms with van der Waals surface area (Å²) in [6.07, 6.45) is 6.15. The van der Waals surface area contributed by atoms with E-state index in [4.69, 9.17) is 0 Å². The van der Waals surface area contributed by atoms with Crippen molar-refractivity contribution in [2.75, 3.05) is 24.5 Å². The molecule has 0 spiro atoms. The lowest BCUT2D eigenvalue weighted by molar-refractivity contribution is -0.124. The predicted molar refractivity (Wildman–Crippen MR) is 114 cm³/mol. The fraction of sp³-hybridized carbons (Fsp3) is 0.364. The van der Waals surface area contributed by atoms with E-state index in [1.807, 2.05) is 48.0 Å². The second-order valence-electron chi connectivity index (χ2n) is 7.59. The number of aromatic nitrogens is 4. The average molecular weight is 406 g/mol. The van der Waals surface area contributed by atoms with E-state index in [-0.39, 0.29) is 17.4 Å². The van der Waals surface area contributed by atoms with E-state index < -0.39 is 0 Å². The number of hydrogen-bond acceptors (Lipinski definition) is 5. The van der Waals surface area contributed by atoms with Gasteiger partial charge in [-0.15, -0.1) is 0 Å². The first-order valence-corrected chi connectivity index (χ1v) is 10.2. The van der Waals surface area contributed by atoms with Gasteiger partial charge in [0, 0.05) is 44.6 Å². The van der Waals surface area contributed by atoms with E-state index in [1.165, 1.54) is 4.68 Å². The van der Waals surface area contributed by atoms with E-state index in [2.05, 4.69) is 20.3 Å². The van der Waals surface area contributed by atoms with Gasteiger partial charge in [-0.2, -0.15) is 5.10 Å². The van der Waals surface area contributed by atoms with Crippen LogP contribution in [-0.4, -0.2) is 44.9 Å². The molecule has 156 valence electrons. The van der Waals surface area contributed by atoms with Crippen LogP contribution in [0, 0.1) is 12.8 Å². The van der Waals surface area contributed by atoms with Crippen LogP contribution in [-0.2, 0) is 17.9 Å². The summed E-state index contributed by atoms with van der Waals surface area (Å²) in [4.78, 5) is 31.2. The fourth-order valence-electron chi connectivity index (χ4n) is 3.76. The molecule has 3 heterocycles. The molecular formula is C22H26N6O2. The lowest BCUT2D eigenvalue weighted by Crippen LogP contribution is -2.35. The minimum absolute atomic E-state index is 0.0562. The van der Waals surface area contributed by atoms with Crippen LogP contribution in [0.2, 0.25) is 0 Å². The van der Waals surface area contributed by atoms with Crippen LogP contribution >= 0.6 is 0 Å². The van der Waals surface area contributed by atoms with Crippen molar-refractivity contribution in [3.63, 3.8) is 0 Å². The second-order valence-corrected chi connectivity index (χ2v) is 7.59. The van der Waals surface area contributed by atoms with E-state index in [9.17, 15) is 9.59 Å². The number of anilines is 1. The summed E-state index contributed by atoms with van der Waals surface area (Å²) in [5, 5.41) is 7.34. The molecule has 1 saturated heterocycles. The highest BCUT2D eigenvalue weighted by Crippen LogP contribution is 2.22. The summed E-state index contributed by atoms with van der Waals surface area (Å²) >= 11 is 0. The SMILES string of the molecule is Cc1nccn1CCNC(=O)C1CCN(c2cnn(Cc3ccccc3)c(=O)c2)C1. The van der Waals surface area contributed by atoms with Gasteiger partial charge in [0.05, 0.1) is 24.3 Å². The highest BCUT2D eigenvalue weighted by molar-refractivity contribution is 5.80. The number of amides is 1. The summed E-state index contributed by atoms with van der Waals surface area (Å²) in [5.74, 6) is 0.909. The molecule has 1 atom stereocenters. The number of hydrogen-bond donors (Lipinski definition) is 1. The van der Waals surface area contributed by atoms with Gasteiger partial charge in [-0.3, -0.25) is 9.59 Å². The van der Waals surface area contributed by atoms with Gasteiger partial charge < -0.3 is 14.8 Å². The molecule has 30 heavy (non-hydrogen) atoms. The zero-order valence-electron chi connectivity index (χ0n) is 17.1. The highest BCUT2D eigenvalue weighted by Gasteiger charge is 2.28. The maximum Gasteiger partial charge on any atom is 0.269 e. The van der Waals surface area contributed by atoms with Crippen LogP contribution in [0.4, 0.5) is 5.69 Å². The molecule has 2 aromatic heterocycles. The molecule has 3 aromatic rings. The van der Waals surface area contributed by atoms with Crippen LogP contribution in [0.25, 0.3) is 0 Å². The first-order chi connectivity index (χ1) is 14.6. The standard InChI is InChI=1S/C22H26N6O2/c1-17-23-8-11-26(17)12-9-24-22(30)19-7-10-27(16-19)20-13-21(29)28(25-14-20)15-18-5-3-2-4-6-18/h2-6,8,11,13-14,19H,7,9-10,12,15-16H2,1H3,(H,24,30). The van der Waals surface area contributed by atoms with Crippen molar-refractivity contribution in [1.82, 2.24) is 24.6 Å². The van der Waals surface area contributed by atoms with Crippen LogP contribution < -0.4 is 15.8 Å². The molecule has 4 rings (SSSR count). The van der Waals surface area contributed by atoms with Crippen molar-refractivity contribution in [1.29, 1.82) is 0 Å². The van der Waals surface area contributed by atoms with E-state index >= 15 is 0 Å². The van der Waals surface area contributed by atoms with Gasteiger partial charge in [0.1, 0.15) is 5.82 Å². The third-order valence-electron chi connectivity index (χ3n) is 5.53. The van der Waals surface area contributed by atoms with E-state index in [0.717, 1.165) is 30.0 Å². The van der Waals surface area contributed by atoms with E-state index in [1.54, 1.807) is 18.5 Å². The smallest absolute Gasteiger partial charge is 0.269 e. The molecular weight excluding hydrogens is 380 g/mol. The molecule has 0 bridgehead atoms. The summed E-state index contributed by atoms with van der Waals surface area (Å²) in [5.41, 5.74) is 1.66. The van der Waals surface area contributed by atoms with Gasteiger partial charge in [-0.05, 0) is 18.9 Å². The van der Waals surface area contributed by atoms with Crippen molar-refractivity contribution in [2.24, 2.45) is 5.92 Å². The van der Waals surface area contributed by atoms with Crippen molar-refractivity contribution in [3.05, 3.63) is 76.7 Å². The molecule has 1 aliphatic rings. The first-order valence-electron chi connectivity index (χ1n) is 10.2. The summed E-state index contributed by atoms with van der Waals surface area (Å²) in [7, 11) is 0. The Morgan fingerprint density at radius 1 is 1.27 bits per heavy atom. The maximum atomic E-state index is 12.5. The number of rotatable bonds is 7. The highest BCUT2D eigenvalue weighted by atomic mass is 16.2. The quantitative estimate of drug-likeness (QED) is 0.642. The number of benzene rings is 1. The molecule has 1 aromatic carbocycles. The molecule has 1 aliphatic heterocycles. The van der Waals surface area contributed by atoms with E-state index in [0.29, 0.717) is 26.2 Å². The topological polar surface area (TPSA) is 85.1 Å². The third-order valence-corrected chi connectivity index (χ3v) is 5.53. The lowest BCUT2D eigenvalue weighted by Gasteiger charge is -2.18.